The molecule has 0 amide bonds. The predicted octanol–water partition coefficient (Wildman–Crippen LogP) is 4.49. The van der Waals surface area contributed by atoms with E-state index in [4.69, 9.17) is 4.74 Å². The molecular formula is C18H28O2. The molecule has 2 nitrogen and oxygen atoms in total. The maximum atomic E-state index is 11.8. The summed E-state index contributed by atoms with van der Waals surface area (Å²) in [4.78, 5) is 11.8. The molecule has 0 unspecified atom stereocenters. The molecular weight excluding hydrogens is 248 g/mol. The van der Waals surface area contributed by atoms with Gasteiger partial charge in [-0.3, -0.25) is 0 Å². The molecule has 20 heavy (non-hydrogen) atoms. The summed E-state index contributed by atoms with van der Waals surface area (Å²) in [5, 5.41) is 0. The van der Waals surface area contributed by atoms with Gasteiger partial charge in [-0.1, -0.05) is 6.58 Å². The average molecular weight is 276 g/mol. The van der Waals surface area contributed by atoms with Crippen molar-refractivity contribution in [3.63, 3.8) is 0 Å². The lowest BCUT2D eigenvalue weighted by Gasteiger charge is -2.58. The van der Waals surface area contributed by atoms with E-state index >= 15 is 0 Å². The van der Waals surface area contributed by atoms with E-state index in [1.165, 1.54) is 38.5 Å². The molecule has 2 heteroatoms. The second kappa shape index (κ2) is 4.61. The molecule has 4 bridgehead atoms. The lowest BCUT2D eigenvalue weighted by Crippen LogP contribution is -2.49. The van der Waals surface area contributed by atoms with Crippen molar-refractivity contribution in [2.24, 2.45) is 23.2 Å². The van der Waals surface area contributed by atoms with Gasteiger partial charge in [0.25, 0.3) is 0 Å². The SMILES string of the molecule is C=C(C)C(=O)OC(C)(C)CC12CC3CC(CC(C3)C1)C2. The Morgan fingerprint density at radius 3 is 2.00 bits per heavy atom. The Morgan fingerprint density at radius 1 is 1.15 bits per heavy atom. The summed E-state index contributed by atoms with van der Waals surface area (Å²) in [6.07, 6.45) is 9.53. The minimum absolute atomic E-state index is 0.236. The molecule has 4 fully saturated rings. The third kappa shape index (κ3) is 2.66. The highest BCUT2D eigenvalue weighted by molar-refractivity contribution is 5.87. The highest BCUT2D eigenvalue weighted by Crippen LogP contribution is 2.62. The first-order chi connectivity index (χ1) is 9.27. The van der Waals surface area contributed by atoms with Crippen LogP contribution in [0.25, 0.3) is 0 Å². The fourth-order valence-electron chi connectivity index (χ4n) is 5.78. The van der Waals surface area contributed by atoms with Gasteiger partial charge in [-0.2, -0.15) is 0 Å². The molecule has 4 saturated carbocycles. The summed E-state index contributed by atoms with van der Waals surface area (Å²) in [6.45, 7) is 9.57. The van der Waals surface area contributed by atoms with Crippen molar-refractivity contribution in [1.82, 2.24) is 0 Å². The largest absolute Gasteiger partial charge is 0.456 e. The number of carbonyl (C=O) groups is 1. The molecule has 4 rings (SSSR count). The first-order valence-corrected chi connectivity index (χ1v) is 8.16. The smallest absolute Gasteiger partial charge is 0.333 e. The lowest BCUT2D eigenvalue weighted by molar-refractivity contribution is -0.160. The number of ether oxygens (including phenoxy) is 1. The lowest BCUT2D eigenvalue weighted by atomic mass is 9.48. The Labute approximate surface area is 123 Å². The number of rotatable bonds is 4. The highest BCUT2D eigenvalue weighted by atomic mass is 16.6. The summed E-state index contributed by atoms with van der Waals surface area (Å²) in [5.74, 6) is 2.62. The molecule has 0 atom stereocenters. The topological polar surface area (TPSA) is 26.3 Å². The van der Waals surface area contributed by atoms with Gasteiger partial charge in [0.1, 0.15) is 5.60 Å². The zero-order valence-electron chi connectivity index (χ0n) is 13.2. The third-order valence-corrected chi connectivity index (χ3v) is 5.68. The van der Waals surface area contributed by atoms with E-state index in [0.29, 0.717) is 11.0 Å². The number of esters is 1. The number of carbonyl (C=O) groups excluding carboxylic acids is 1. The molecule has 4 aliphatic rings. The molecule has 0 aromatic heterocycles. The van der Waals surface area contributed by atoms with Gasteiger partial charge in [-0.25, -0.2) is 4.79 Å². The van der Waals surface area contributed by atoms with Crippen LogP contribution >= 0.6 is 0 Å². The van der Waals surface area contributed by atoms with E-state index in [0.717, 1.165) is 24.2 Å². The molecule has 0 heterocycles. The first-order valence-electron chi connectivity index (χ1n) is 8.16. The predicted molar refractivity (Wildman–Crippen MR) is 80.2 cm³/mol. The Hall–Kier alpha value is -0.790. The maximum absolute atomic E-state index is 11.8. The minimum atomic E-state index is -0.359. The van der Waals surface area contributed by atoms with Gasteiger partial charge in [-0.05, 0) is 88.9 Å². The second-order valence-electron chi connectivity index (χ2n) is 8.52. The quantitative estimate of drug-likeness (QED) is 0.558. The van der Waals surface area contributed by atoms with Crippen LogP contribution < -0.4 is 0 Å². The van der Waals surface area contributed by atoms with Crippen LogP contribution in [0.1, 0.15) is 65.7 Å². The molecule has 4 aliphatic carbocycles. The van der Waals surface area contributed by atoms with E-state index in [-0.39, 0.29) is 11.6 Å². The molecule has 0 saturated heterocycles. The summed E-state index contributed by atoms with van der Waals surface area (Å²) in [6, 6.07) is 0. The van der Waals surface area contributed by atoms with Gasteiger partial charge in [-0.15, -0.1) is 0 Å². The first kappa shape index (κ1) is 14.2. The van der Waals surface area contributed by atoms with E-state index in [9.17, 15) is 4.79 Å². The molecule has 0 aromatic carbocycles. The van der Waals surface area contributed by atoms with Gasteiger partial charge in [0.05, 0.1) is 0 Å². The second-order valence-corrected chi connectivity index (χ2v) is 8.52. The van der Waals surface area contributed by atoms with Crippen LogP contribution in [0.15, 0.2) is 12.2 Å². The Balaban J connectivity index is 1.70. The molecule has 0 spiro atoms. The molecule has 0 N–H and O–H groups in total. The fraction of sp³-hybridized carbons (Fsp3) is 0.833. The van der Waals surface area contributed by atoms with Gasteiger partial charge in [0, 0.05) is 5.57 Å². The average Bonchev–Trinajstić information content (AvgIpc) is 2.23. The number of hydrogen-bond donors (Lipinski definition) is 0. The zero-order valence-corrected chi connectivity index (χ0v) is 13.2. The molecule has 112 valence electrons. The summed E-state index contributed by atoms with van der Waals surface area (Å²) in [7, 11) is 0. The van der Waals surface area contributed by atoms with Gasteiger partial charge < -0.3 is 4.74 Å². The van der Waals surface area contributed by atoms with Crippen molar-refractivity contribution < 1.29 is 9.53 Å². The van der Waals surface area contributed by atoms with Crippen molar-refractivity contribution in [2.45, 2.75) is 71.3 Å². The summed E-state index contributed by atoms with van der Waals surface area (Å²) < 4.78 is 5.70. The van der Waals surface area contributed by atoms with E-state index < -0.39 is 0 Å². The third-order valence-electron chi connectivity index (χ3n) is 5.68. The van der Waals surface area contributed by atoms with E-state index in [1.807, 2.05) is 0 Å². The Bertz CT molecular complexity index is 397. The highest BCUT2D eigenvalue weighted by Gasteiger charge is 2.52. The normalized spacial score (nSPS) is 38.9. The molecule has 0 aliphatic heterocycles. The van der Waals surface area contributed by atoms with E-state index in [2.05, 4.69) is 20.4 Å². The van der Waals surface area contributed by atoms with Crippen LogP contribution in [0, 0.1) is 23.2 Å². The fourth-order valence-corrected chi connectivity index (χ4v) is 5.78. The van der Waals surface area contributed by atoms with Crippen molar-refractivity contribution >= 4 is 5.97 Å². The van der Waals surface area contributed by atoms with Crippen LogP contribution in [-0.4, -0.2) is 11.6 Å². The van der Waals surface area contributed by atoms with Crippen molar-refractivity contribution in [2.75, 3.05) is 0 Å². The molecule has 0 radical (unpaired) electrons. The van der Waals surface area contributed by atoms with Crippen molar-refractivity contribution in [3.05, 3.63) is 12.2 Å². The zero-order chi connectivity index (χ0) is 14.5. The van der Waals surface area contributed by atoms with Crippen molar-refractivity contribution in [3.8, 4) is 0 Å². The van der Waals surface area contributed by atoms with Crippen LogP contribution in [0.3, 0.4) is 0 Å². The summed E-state index contributed by atoms with van der Waals surface area (Å²) >= 11 is 0. The number of hydrogen-bond acceptors (Lipinski definition) is 2. The van der Waals surface area contributed by atoms with Crippen LogP contribution in [-0.2, 0) is 9.53 Å². The minimum Gasteiger partial charge on any atom is -0.456 e. The van der Waals surface area contributed by atoms with Crippen LogP contribution in [0.2, 0.25) is 0 Å². The van der Waals surface area contributed by atoms with Crippen LogP contribution in [0.5, 0.6) is 0 Å². The van der Waals surface area contributed by atoms with Crippen molar-refractivity contribution in [1.29, 1.82) is 0 Å². The van der Waals surface area contributed by atoms with E-state index in [1.54, 1.807) is 6.92 Å². The Morgan fingerprint density at radius 2 is 1.60 bits per heavy atom. The molecule has 0 aromatic rings. The standard InChI is InChI=1S/C18H28O2/c1-12(2)16(19)20-17(3,4)11-18-8-13-5-14(9-18)7-15(6-13)10-18/h13-15H,1,5-11H2,2-4H3. The Kier molecular flexibility index (Phi) is 3.26. The maximum Gasteiger partial charge on any atom is 0.333 e. The van der Waals surface area contributed by atoms with Gasteiger partial charge in [0.15, 0.2) is 0 Å². The summed E-state index contributed by atoms with van der Waals surface area (Å²) in [5.41, 5.74) is 0.596. The van der Waals surface area contributed by atoms with Crippen LogP contribution in [0.4, 0.5) is 0 Å². The van der Waals surface area contributed by atoms with Gasteiger partial charge >= 0.3 is 5.97 Å². The monoisotopic (exact) mass is 276 g/mol. The van der Waals surface area contributed by atoms with Gasteiger partial charge in [0.2, 0.25) is 0 Å².